The Morgan fingerprint density at radius 2 is 1.56 bits per heavy atom. The van der Waals surface area contributed by atoms with Crippen LogP contribution in [0.4, 0.5) is 13.2 Å². The Bertz CT molecular complexity index is 1250. The molecule has 0 radical (unpaired) electrons. The van der Waals surface area contributed by atoms with Crippen molar-refractivity contribution < 1.29 is 41.0 Å². The van der Waals surface area contributed by atoms with Crippen LogP contribution in [0, 0.1) is 0 Å². The molecule has 0 bridgehead atoms. The minimum Gasteiger partial charge on any atom is -0.497 e. The van der Waals surface area contributed by atoms with Gasteiger partial charge in [-0.1, -0.05) is 24.3 Å². The number of carboxylic acids is 1. The van der Waals surface area contributed by atoms with Crippen molar-refractivity contribution in [3.63, 3.8) is 0 Å². The molecule has 3 aromatic carbocycles. The highest BCUT2D eigenvalue weighted by molar-refractivity contribution is 7.91. The number of methoxy groups -OCH3 is 1. The molecule has 0 aromatic heterocycles. The standard InChI is InChI=1S/C22H17F3O6S/c1-30-18-8-14(10-21(26)27)9-20(13-18)32(28,29)19-7-3-5-16(12-19)15-4-2-6-17(11-15)31-22(23,24)25/h2-9,11-13H,10H2,1H3,(H,26,27). The molecule has 0 aliphatic heterocycles. The van der Waals surface area contributed by atoms with Gasteiger partial charge in [-0.25, -0.2) is 8.42 Å². The summed E-state index contributed by atoms with van der Waals surface area (Å²) in [6.45, 7) is 0. The van der Waals surface area contributed by atoms with E-state index in [4.69, 9.17) is 9.84 Å². The molecule has 3 aromatic rings. The van der Waals surface area contributed by atoms with Gasteiger partial charge in [-0.05, 0) is 59.2 Å². The second kappa shape index (κ2) is 8.91. The molecule has 0 saturated carbocycles. The average molecular weight is 466 g/mol. The number of rotatable bonds is 7. The van der Waals surface area contributed by atoms with Crippen molar-refractivity contribution in [2.75, 3.05) is 7.11 Å². The van der Waals surface area contributed by atoms with E-state index in [2.05, 4.69) is 4.74 Å². The van der Waals surface area contributed by atoms with E-state index in [1.165, 1.54) is 55.6 Å². The first kappa shape index (κ1) is 23.1. The predicted molar refractivity (Wildman–Crippen MR) is 108 cm³/mol. The second-order valence-electron chi connectivity index (χ2n) is 6.69. The lowest BCUT2D eigenvalue weighted by molar-refractivity contribution is -0.274. The summed E-state index contributed by atoms with van der Waals surface area (Å²) in [6.07, 6.45) is -5.25. The van der Waals surface area contributed by atoms with Gasteiger partial charge in [0.2, 0.25) is 9.84 Å². The zero-order chi connectivity index (χ0) is 23.5. The van der Waals surface area contributed by atoms with E-state index in [1.807, 2.05) is 0 Å². The maximum absolute atomic E-state index is 13.2. The molecule has 32 heavy (non-hydrogen) atoms. The largest absolute Gasteiger partial charge is 0.573 e. The molecule has 0 heterocycles. The van der Waals surface area contributed by atoms with Crippen molar-refractivity contribution in [3.05, 3.63) is 72.3 Å². The molecule has 0 spiro atoms. The smallest absolute Gasteiger partial charge is 0.497 e. The fraction of sp³-hybridized carbons (Fsp3) is 0.136. The Labute approximate surface area is 181 Å². The van der Waals surface area contributed by atoms with Gasteiger partial charge in [0.1, 0.15) is 11.5 Å². The molecule has 0 aliphatic rings. The zero-order valence-electron chi connectivity index (χ0n) is 16.6. The summed E-state index contributed by atoms with van der Waals surface area (Å²) in [6, 6.07) is 14.8. The number of carboxylic acid groups (broad SMARTS) is 1. The average Bonchev–Trinajstić information content (AvgIpc) is 2.72. The molecule has 6 nitrogen and oxygen atoms in total. The summed E-state index contributed by atoms with van der Waals surface area (Å²) in [5, 5.41) is 9.03. The highest BCUT2D eigenvalue weighted by Crippen LogP contribution is 2.31. The van der Waals surface area contributed by atoms with Gasteiger partial charge in [-0.15, -0.1) is 13.2 Å². The lowest BCUT2D eigenvalue weighted by Crippen LogP contribution is -2.17. The second-order valence-corrected chi connectivity index (χ2v) is 8.64. The Kier molecular flexibility index (Phi) is 6.45. The molecule has 0 amide bonds. The van der Waals surface area contributed by atoms with Gasteiger partial charge in [0.05, 0.1) is 23.3 Å². The Morgan fingerprint density at radius 1 is 0.906 bits per heavy atom. The molecule has 0 atom stereocenters. The fourth-order valence-electron chi connectivity index (χ4n) is 3.03. The number of halogens is 3. The quantitative estimate of drug-likeness (QED) is 0.542. The summed E-state index contributed by atoms with van der Waals surface area (Å²) in [7, 11) is -2.76. The van der Waals surface area contributed by atoms with E-state index in [9.17, 15) is 26.4 Å². The third kappa shape index (κ3) is 5.58. The van der Waals surface area contributed by atoms with Crippen LogP contribution in [0.15, 0.2) is 76.5 Å². The van der Waals surface area contributed by atoms with Gasteiger partial charge in [0.25, 0.3) is 0 Å². The van der Waals surface area contributed by atoms with Crippen LogP contribution in [-0.2, 0) is 21.1 Å². The van der Waals surface area contributed by atoms with Gasteiger partial charge in [-0.3, -0.25) is 4.79 Å². The van der Waals surface area contributed by atoms with Gasteiger partial charge in [0, 0.05) is 0 Å². The number of ether oxygens (including phenoxy) is 2. The van der Waals surface area contributed by atoms with E-state index < -0.39 is 34.3 Å². The molecule has 1 N–H and O–H groups in total. The predicted octanol–water partition coefficient (Wildman–Crippen LogP) is 4.72. The Morgan fingerprint density at radius 3 is 2.19 bits per heavy atom. The number of carbonyl (C=O) groups is 1. The molecular formula is C22H17F3O6S. The van der Waals surface area contributed by atoms with E-state index in [0.717, 1.165) is 12.1 Å². The minimum absolute atomic E-state index is 0.119. The number of benzene rings is 3. The zero-order valence-corrected chi connectivity index (χ0v) is 17.4. The van der Waals surface area contributed by atoms with E-state index >= 15 is 0 Å². The monoisotopic (exact) mass is 466 g/mol. The first-order chi connectivity index (χ1) is 15.0. The maximum atomic E-state index is 13.2. The summed E-state index contributed by atoms with van der Waals surface area (Å²) in [5.41, 5.74) is 0.914. The molecular weight excluding hydrogens is 449 g/mol. The summed E-state index contributed by atoms with van der Waals surface area (Å²) >= 11 is 0. The summed E-state index contributed by atoms with van der Waals surface area (Å²) in [5.74, 6) is -1.39. The summed E-state index contributed by atoms with van der Waals surface area (Å²) < 4.78 is 72.9. The topological polar surface area (TPSA) is 89.9 Å². The van der Waals surface area contributed by atoms with Crippen LogP contribution in [0.1, 0.15) is 5.56 Å². The normalized spacial score (nSPS) is 11.8. The van der Waals surface area contributed by atoms with Crippen molar-refractivity contribution in [2.24, 2.45) is 0 Å². The fourth-order valence-corrected chi connectivity index (χ4v) is 4.42. The number of alkyl halides is 3. The van der Waals surface area contributed by atoms with E-state index in [-0.39, 0.29) is 21.1 Å². The molecule has 3 rings (SSSR count). The lowest BCUT2D eigenvalue weighted by atomic mass is 10.1. The molecule has 0 saturated heterocycles. The highest BCUT2D eigenvalue weighted by atomic mass is 32.2. The van der Waals surface area contributed by atoms with Crippen LogP contribution in [0.2, 0.25) is 0 Å². The van der Waals surface area contributed by atoms with E-state index in [0.29, 0.717) is 11.1 Å². The van der Waals surface area contributed by atoms with Crippen LogP contribution < -0.4 is 9.47 Å². The van der Waals surface area contributed by atoms with Gasteiger partial charge < -0.3 is 14.6 Å². The lowest BCUT2D eigenvalue weighted by Gasteiger charge is -2.12. The Hall–Kier alpha value is -3.53. The summed E-state index contributed by atoms with van der Waals surface area (Å²) in [4.78, 5) is 10.8. The van der Waals surface area contributed by atoms with Crippen LogP contribution in [0.25, 0.3) is 11.1 Å². The highest BCUT2D eigenvalue weighted by Gasteiger charge is 2.31. The third-order valence-electron chi connectivity index (χ3n) is 4.39. The van der Waals surface area contributed by atoms with Crippen molar-refractivity contribution in [3.8, 4) is 22.6 Å². The van der Waals surface area contributed by atoms with Crippen LogP contribution in [0.5, 0.6) is 11.5 Å². The maximum Gasteiger partial charge on any atom is 0.573 e. The molecule has 0 unspecified atom stereocenters. The number of hydrogen-bond donors (Lipinski definition) is 1. The molecule has 10 heteroatoms. The van der Waals surface area contributed by atoms with E-state index in [1.54, 1.807) is 6.07 Å². The number of sulfone groups is 1. The van der Waals surface area contributed by atoms with Crippen molar-refractivity contribution >= 4 is 15.8 Å². The van der Waals surface area contributed by atoms with Crippen LogP contribution >= 0.6 is 0 Å². The third-order valence-corrected chi connectivity index (χ3v) is 6.12. The van der Waals surface area contributed by atoms with Gasteiger partial charge >= 0.3 is 12.3 Å². The number of aliphatic carboxylic acids is 1. The Balaban J connectivity index is 2.03. The van der Waals surface area contributed by atoms with Crippen molar-refractivity contribution in [2.45, 2.75) is 22.6 Å². The first-order valence-corrected chi connectivity index (χ1v) is 10.6. The van der Waals surface area contributed by atoms with Gasteiger partial charge in [0.15, 0.2) is 0 Å². The van der Waals surface area contributed by atoms with Crippen LogP contribution in [-0.4, -0.2) is 33.0 Å². The first-order valence-electron chi connectivity index (χ1n) is 9.09. The van der Waals surface area contributed by atoms with Gasteiger partial charge in [-0.2, -0.15) is 0 Å². The van der Waals surface area contributed by atoms with Crippen molar-refractivity contribution in [1.29, 1.82) is 0 Å². The number of hydrogen-bond acceptors (Lipinski definition) is 5. The minimum atomic E-state index is -4.86. The molecule has 0 aliphatic carbocycles. The SMILES string of the molecule is COc1cc(CC(=O)O)cc(S(=O)(=O)c2cccc(-c3cccc(OC(F)(F)F)c3)c2)c1. The molecule has 0 fully saturated rings. The van der Waals surface area contributed by atoms with Crippen LogP contribution in [0.3, 0.4) is 0 Å². The molecule has 168 valence electrons. The van der Waals surface area contributed by atoms with Crippen molar-refractivity contribution in [1.82, 2.24) is 0 Å².